The lowest BCUT2D eigenvalue weighted by Gasteiger charge is -2.13. The molecule has 6 heteroatoms. The molecule has 0 amide bonds. The quantitative estimate of drug-likeness (QED) is 0.646. The van der Waals surface area contributed by atoms with Crippen LogP contribution in [0.1, 0.15) is 46.1 Å². The maximum atomic E-state index is 14.1. The summed E-state index contributed by atoms with van der Waals surface area (Å²) in [6, 6.07) is 6.33. The zero-order chi connectivity index (χ0) is 19.9. The number of rotatable bonds is 2. The van der Waals surface area contributed by atoms with Crippen molar-refractivity contribution in [2.24, 2.45) is 0 Å². The normalized spacial score (nSPS) is 9.85. The highest BCUT2D eigenvalue weighted by Crippen LogP contribution is 2.22. The molecule has 0 aliphatic heterocycles. The molecule has 0 unspecified atom stereocenters. The predicted octanol–water partition coefficient (Wildman–Crippen LogP) is 4.98. The second kappa shape index (κ2) is 9.75. The Morgan fingerprint density at radius 2 is 1.54 bits per heavy atom. The highest BCUT2D eigenvalue weighted by Gasteiger charge is 2.17. The van der Waals surface area contributed by atoms with E-state index in [1.165, 1.54) is 12.1 Å². The maximum absolute atomic E-state index is 14.1. The molecule has 0 aliphatic carbocycles. The van der Waals surface area contributed by atoms with E-state index in [1.807, 2.05) is 34.6 Å². The van der Waals surface area contributed by atoms with Gasteiger partial charge in [-0.1, -0.05) is 40.7 Å². The van der Waals surface area contributed by atoms with Gasteiger partial charge in [-0.2, -0.15) is 0 Å². The van der Waals surface area contributed by atoms with E-state index in [9.17, 15) is 13.6 Å². The zero-order valence-corrected chi connectivity index (χ0v) is 16.1. The highest BCUT2D eigenvalue weighted by molar-refractivity contribution is 5.79. The molecule has 0 N–H and O–H groups in total. The number of halogens is 2. The molecule has 0 aliphatic rings. The number of aromatic nitrogens is 3. The lowest BCUT2D eigenvalue weighted by Crippen LogP contribution is -2.21. The molecule has 1 aromatic carbocycles. The fraction of sp³-hybridized carbons (Fsp3) is 0.350. The van der Waals surface area contributed by atoms with Crippen molar-refractivity contribution in [3.8, 4) is 5.69 Å². The Morgan fingerprint density at radius 1 is 0.962 bits per heavy atom. The number of pyridine rings is 1. The third-order valence-electron chi connectivity index (χ3n) is 3.44. The summed E-state index contributed by atoms with van der Waals surface area (Å²) in [5, 5.41) is 0.607. The number of hydrogen-bond acceptors (Lipinski definition) is 3. The number of hydrogen-bond donors (Lipinski definition) is 0. The summed E-state index contributed by atoms with van der Waals surface area (Å²) in [4.78, 5) is 20.8. The van der Waals surface area contributed by atoms with Crippen LogP contribution < -0.4 is 5.56 Å². The van der Waals surface area contributed by atoms with Crippen LogP contribution in [-0.4, -0.2) is 14.5 Å². The Labute approximate surface area is 152 Å². The van der Waals surface area contributed by atoms with Crippen LogP contribution in [-0.2, 0) is 6.42 Å². The molecule has 0 saturated carbocycles. The minimum absolute atomic E-state index is 0.209. The van der Waals surface area contributed by atoms with E-state index in [0.717, 1.165) is 22.4 Å². The summed E-state index contributed by atoms with van der Waals surface area (Å²) >= 11 is 0. The largest absolute Gasteiger partial charge is 0.269 e. The SMILES string of the molecule is CC.CC.CCc1nc(C)nc2c1ccc(=O)n2-c1c(F)cccc1F. The van der Waals surface area contributed by atoms with Crippen molar-refractivity contribution in [1.82, 2.24) is 14.5 Å². The zero-order valence-electron chi connectivity index (χ0n) is 16.1. The Balaban J connectivity index is 0.000000791. The third kappa shape index (κ3) is 4.12. The van der Waals surface area contributed by atoms with E-state index in [1.54, 1.807) is 13.0 Å². The number of aryl methyl sites for hydroxylation is 2. The number of benzene rings is 1. The standard InChI is InChI=1S/C16H13F2N3O.2C2H6/c1-3-13-10-7-8-14(22)21(16(10)20-9(2)19-13)15-11(17)5-4-6-12(15)18;2*1-2/h4-8H,3H2,1-2H3;2*1-2H3. The van der Waals surface area contributed by atoms with Crippen LogP contribution in [0.25, 0.3) is 16.7 Å². The fourth-order valence-corrected chi connectivity index (χ4v) is 2.49. The molecule has 26 heavy (non-hydrogen) atoms. The van der Waals surface area contributed by atoms with Crippen molar-refractivity contribution in [2.45, 2.75) is 48.0 Å². The highest BCUT2D eigenvalue weighted by atomic mass is 19.1. The molecule has 0 fully saturated rings. The summed E-state index contributed by atoms with van der Waals surface area (Å²) in [7, 11) is 0. The van der Waals surface area contributed by atoms with Crippen LogP contribution in [0, 0.1) is 18.6 Å². The molecule has 140 valence electrons. The van der Waals surface area contributed by atoms with E-state index in [0.29, 0.717) is 17.6 Å². The van der Waals surface area contributed by atoms with E-state index in [2.05, 4.69) is 9.97 Å². The van der Waals surface area contributed by atoms with Crippen LogP contribution in [0.4, 0.5) is 8.78 Å². The van der Waals surface area contributed by atoms with Gasteiger partial charge >= 0.3 is 0 Å². The minimum Gasteiger partial charge on any atom is -0.269 e. The van der Waals surface area contributed by atoms with Gasteiger partial charge in [0.05, 0.1) is 5.69 Å². The Morgan fingerprint density at radius 3 is 2.08 bits per heavy atom. The molecule has 0 spiro atoms. The maximum Gasteiger partial charge on any atom is 0.256 e. The molecule has 0 radical (unpaired) electrons. The molecule has 3 rings (SSSR count). The van der Waals surface area contributed by atoms with Gasteiger partial charge in [0.15, 0.2) is 5.65 Å². The molecular formula is C20H25F2N3O. The molecule has 4 nitrogen and oxygen atoms in total. The first-order valence-electron chi connectivity index (χ1n) is 8.86. The van der Waals surface area contributed by atoms with Gasteiger partial charge in [-0.3, -0.25) is 9.36 Å². The van der Waals surface area contributed by atoms with Crippen molar-refractivity contribution in [3.63, 3.8) is 0 Å². The van der Waals surface area contributed by atoms with Crippen molar-refractivity contribution >= 4 is 11.0 Å². The smallest absolute Gasteiger partial charge is 0.256 e. The van der Waals surface area contributed by atoms with Crippen molar-refractivity contribution in [2.75, 3.05) is 0 Å². The van der Waals surface area contributed by atoms with Crippen molar-refractivity contribution < 1.29 is 8.78 Å². The predicted molar refractivity (Wildman–Crippen MR) is 102 cm³/mol. The van der Waals surface area contributed by atoms with Crippen molar-refractivity contribution in [1.29, 1.82) is 0 Å². The number of fused-ring (bicyclic) bond motifs is 1. The average Bonchev–Trinajstić information content (AvgIpc) is 2.65. The first-order chi connectivity index (χ1) is 12.5. The summed E-state index contributed by atoms with van der Waals surface area (Å²) < 4.78 is 29.1. The van der Waals surface area contributed by atoms with Gasteiger partial charge < -0.3 is 0 Å². The molecule has 2 heterocycles. The van der Waals surface area contributed by atoms with Gasteiger partial charge in [0.2, 0.25) is 0 Å². The number of para-hydroxylation sites is 1. The van der Waals surface area contributed by atoms with E-state index < -0.39 is 22.9 Å². The molecule has 3 aromatic rings. The first-order valence-corrected chi connectivity index (χ1v) is 8.86. The average molecular weight is 361 g/mol. The first kappa shape index (κ1) is 21.4. The summed E-state index contributed by atoms with van der Waals surface area (Å²) in [5.74, 6) is -1.19. The Hall–Kier alpha value is -2.63. The second-order valence-electron chi connectivity index (χ2n) is 4.89. The van der Waals surface area contributed by atoms with E-state index in [4.69, 9.17) is 0 Å². The summed E-state index contributed by atoms with van der Waals surface area (Å²) in [5.41, 5.74) is -0.0243. The van der Waals surface area contributed by atoms with Gasteiger partial charge in [0.25, 0.3) is 5.56 Å². The van der Waals surface area contributed by atoms with Crippen LogP contribution in [0.5, 0.6) is 0 Å². The van der Waals surface area contributed by atoms with Gasteiger partial charge in [-0.05, 0) is 31.5 Å². The molecule has 0 atom stereocenters. The summed E-state index contributed by atoms with van der Waals surface area (Å²) in [6.07, 6.45) is 0.623. The van der Waals surface area contributed by atoms with Gasteiger partial charge in [-0.25, -0.2) is 18.7 Å². The Kier molecular flexibility index (Phi) is 8.03. The lowest BCUT2D eigenvalue weighted by molar-refractivity contribution is 0.568. The minimum atomic E-state index is -0.816. The van der Waals surface area contributed by atoms with Crippen LogP contribution in [0.2, 0.25) is 0 Å². The molecule has 0 saturated heterocycles. The molecule has 2 aromatic heterocycles. The number of nitrogens with zero attached hydrogens (tertiary/aromatic N) is 3. The molecule has 0 bridgehead atoms. The van der Waals surface area contributed by atoms with Crippen LogP contribution >= 0.6 is 0 Å². The van der Waals surface area contributed by atoms with Crippen molar-refractivity contribution in [3.05, 3.63) is 63.8 Å². The fourth-order valence-electron chi connectivity index (χ4n) is 2.49. The van der Waals surface area contributed by atoms with Gasteiger partial charge in [0, 0.05) is 11.5 Å². The third-order valence-corrected chi connectivity index (χ3v) is 3.44. The van der Waals surface area contributed by atoms with Gasteiger partial charge in [0.1, 0.15) is 23.1 Å². The van der Waals surface area contributed by atoms with Crippen LogP contribution in [0.3, 0.4) is 0 Å². The Bertz CT molecular complexity index is 916. The molecular weight excluding hydrogens is 336 g/mol. The lowest BCUT2D eigenvalue weighted by atomic mass is 10.2. The van der Waals surface area contributed by atoms with Crippen LogP contribution in [0.15, 0.2) is 35.1 Å². The monoisotopic (exact) mass is 361 g/mol. The van der Waals surface area contributed by atoms with E-state index in [-0.39, 0.29) is 5.65 Å². The van der Waals surface area contributed by atoms with Gasteiger partial charge in [-0.15, -0.1) is 0 Å². The summed E-state index contributed by atoms with van der Waals surface area (Å²) in [6.45, 7) is 11.6. The van der Waals surface area contributed by atoms with E-state index >= 15 is 0 Å². The second-order valence-corrected chi connectivity index (χ2v) is 4.89. The topological polar surface area (TPSA) is 47.8 Å².